The molecular formula is C11H17NO4. The maximum absolute atomic E-state index is 11.0. The molecule has 0 aliphatic heterocycles. The second-order valence-corrected chi connectivity index (χ2v) is 4.05. The lowest BCUT2D eigenvalue weighted by molar-refractivity contribution is -0.133. The first-order valence-corrected chi connectivity index (χ1v) is 5.35. The van der Waals surface area contributed by atoms with E-state index in [4.69, 9.17) is 10.2 Å². The van der Waals surface area contributed by atoms with Crippen LogP contribution in [0.15, 0.2) is 11.6 Å². The number of aliphatic hydroxyl groups is 1. The van der Waals surface area contributed by atoms with Crippen LogP contribution < -0.4 is 5.32 Å². The smallest absolute Gasteiger partial charge is 0.331 e. The molecule has 5 nitrogen and oxygen atoms in total. The summed E-state index contributed by atoms with van der Waals surface area (Å²) in [6, 6.07) is -0.0623. The van der Waals surface area contributed by atoms with Crippen LogP contribution in [0.4, 0.5) is 0 Å². The van der Waals surface area contributed by atoms with Crippen molar-refractivity contribution < 1.29 is 19.8 Å². The molecule has 2 atom stereocenters. The topological polar surface area (TPSA) is 86.6 Å². The molecular weight excluding hydrogens is 210 g/mol. The Morgan fingerprint density at radius 3 is 2.75 bits per heavy atom. The molecule has 1 aliphatic rings. The second kappa shape index (κ2) is 5.65. The van der Waals surface area contributed by atoms with Crippen molar-refractivity contribution in [1.29, 1.82) is 0 Å². The molecule has 1 rings (SSSR count). The van der Waals surface area contributed by atoms with Gasteiger partial charge in [-0.25, -0.2) is 4.79 Å². The number of amides is 1. The van der Waals surface area contributed by atoms with Crippen molar-refractivity contribution >= 4 is 11.9 Å². The molecule has 0 spiro atoms. The fourth-order valence-electron chi connectivity index (χ4n) is 2.05. The van der Waals surface area contributed by atoms with Crippen molar-refractivity contribution in [3.05, 3.63) is 11.6 Å². The molecule has 3 N–H and O–H groups in total. The zero-order chi connectivity index (χ0) is 12.1. The van der Waals surface area contributed by atoms with E-state index >= 15 is 0 Å². The maximum Gasteiger partial charge on any atom is 0.331 e. The minimum atomic E-state index is -0.913. The van der Waals surface area contributed by atoms with Gasteiger partial charge in [-0.3, -0.25) is 4.79 Å². The van der Waals surface area contributed by atoms with Crippen LogP contribution in [-0.2, 0) is 9.59 Å². The average molecular weight is 227 g/mol. The van der Waals surface area contributed by atoms with Gasteiger partial charge in [-0.05, 0) is 25.2 Å². The number of carboxylic acid groups (broad SMARTS) is 1. The van der Waals surface area contributed by atoms with Crippen LogP contribution in [-0.4, -0.2) is 34.7 Å². The molecule has 0 aromatic rings. The fourth-order valence-corrected chi connectivity index (χ4v) is 2.05. The summed E-state index contributed by atoms with van der Waals surface area (Å²) in [5.41, 5.74) is 0.375. The van der Waals surface area contributed by atoms with Crippen molar-refractivity contribution in [1.82, 2.24) is 5.32 Å². The number of carbonyl (C=O) groups is 2. The van der Waals surface area contributed by atoms with E-state index < -0.39 is 5.97 Å². The molecule has 0 radical (unpaired) electrons. The molecule has 1 unspecified atom stereocenters. The molecule has 0 aromatic heterocycles. The van der Waals surface area contributed by atoms with Gasteiger partial charge in [0.2, 0.25) is 5.91 Å². The first kappa shape index (κ1) is 12.7. The second-order valence-electron chi connectivity index (χ2n) is 4.05. The van der Waals surface area contributed by atoms with Gasteiger partial charge in [-0.2, -0.15) is 0 Å². The third-order valence-corrected chi connectivity index (χ3v) is 2.83. The van der Waals surface area contributed by atoms with Gasteiger partial charge in [0, 0.05) is 25.1 Å². The van der Waals surface area contributed by atoms with Crippen molar-refractivity contribution in [2.24, 2.45) is 5.92 Å². The Kier molecular flexibility index (Phi) is 4.49. The lowest BCUT2D eigenvalue weighted by atomic mass is 9.82. The highest BCUT2D eigenvalue weighted by Crippen LogP contribution is 2.27. The zero-order valence-corrected chi connectivity index (χ0v) is 9.27. The van der Waals surface area contributed by atoms with Crippen molar-refractivity contribution in [2.45, 2.75) is 32.2 Å². The monoisotopic (exact) mass is 227 g/mol. The van der Waals surface area contributed by atoms with E-state index in [-0.39, 0.29) is 24.5 Å². The lowest BCUT2D eigenvalue weighted by Gasteiger charge is -2.30. The Morgan fingerprint density at radius 1 is 1.56 bits per heavy atom. The molecule has 5 heteroatoms. The summed E-state index contributed by atoms with van der Waals surface area (Å²) in [6.07, 6.45) is 3.08. The SMILES string of the molecule is CC(=O)NC1CC=C(C(=O)O)C[C@@H]1CCO. The molecule has 0 bridgehead atoms. The summed E-state index contributed by atoms with van der Waals surface area (Å²) in [5, 5.41) is 20.6. The zero-order valence-electron chi connectivity index (χ0n) is 9.27. The number of aliphatic carboxylic acids is 1. The van der Waals surface area contributed by atoms with Gasteiger partial charge in [0.05, 0.1) is 0 Å². The number of nitrogens with one attached hydrogen (secondary N) is 1. The van der Waals surface area contributed by atoms with Gasteiger partial charge in [0.1, 0.15) is 0 Å². The van der Waals surface area contributed by atoms with Crippen molar-refractivity contribution in [2.75, 3.05) is 6.61 Å². The number of rotatable bonds is 4. The summed E-state index contributed by atoms with van der Waals surface area (Å²) in [7, 11) is 0. The highest BCUT2D eigenvalue weighted by atomic mass is 16.4. The molecule has 0 saturated heterocycles. The summed E-state index contributed by atoms with van der Waals surface area (Å²) in [5.74, 6) is -1.03. The van der Waals surface area contributed by atoms with E-state index in [0.29, 0.717) is 24.8 Å². The quantitative estimate of drug-likeness (QED) is 0.644. The molecule has 1 aliphatic carbocycles. The summed E-state index contributed by atoms with van der Waals surface area (Å²) < 4.78 is 0. The van der Waals surface area contributed by atoms with Gasteiger partial charge in [0.15, 0.2) is 0 Å². The van der Waals surface area contributed by atoms with Gasteiger partial charge >= 0.3 is 5.97 Å². The predicted molar refractivity (Wildman–Crippen MR) is 57.8 cm³/mol. The van der Waals surface area contributed by atoms with Crippen LogP contribution in [0.2, 0.25) is 0 Å². The molecule has 16 heavy (non-hydrogen) atoms. The maximum atomic E-state index is 11.0. The van der Waals surface area contributed by atoms with Gasteiger partial charge < -0.3 is 15.5 Å². The third-order valence-electron chi connectivity index (χ3n) is 2.83. The lowest BCUT2D eigenvalue weighted by Crippen LogP contribution is -2.41. The normalized spacial score (nSPS) is 24.8. The molecule has 0 saturated carbocycles. The van der Waals surface area contributed by atoms with Crippen LogP contribution in [0.25, 0.3) is 0 Å². The Labute approximate surface area is 94.2 Å². The van der Waals surface area contributed by atoms with E-state index in [9.17, 15) is 9.59 Å². The Morgan fingerprint density at radius 2 is 2.25 bits per heavy atom. The van der Waals surface area contributed by atoms with Crippen LogP contribution in [0.3, 0.4) is 0 Å². The van der Waals surface area contributed by atoms with Crippen LogP contribution in [0.5, 0.6) is 0 Å². The number of carboxylic acids is 1. The molecule has 0 aromatic carbocycles. The highest BCUT2D eigenvalue weighted by molar-refractivity contribution is 5.86. The Bertz CT molecular complexity index is 311. The Hall–Kier alpha value is -1.36. The van der Waals surface area contributed by atoms with Crippen LogP contribution in [0.1, 0.15) is 26.2 Å². The van der Waals surface area contributed by atoms with Crippen molar-refractivity contribution in [3.63, 3.8) is 0 Å². The Balaban J connectivity index is 2.70. The average Bonchev–Trinajstić information content (AvgIpc) is 2.20. The minimum absolute atomic E-state index is 0.00463. The molecule has 0 heterocycles. The highest BCUT2D eigenvalue weighted by Gasteiger charge is 2.28. The van der Waals surface area contributed by atoms with Gasteiger partial charge in [0.25, 0.3) is 0 Å². The van der Waals surface area contributed by atoms with E-state index in [1.165, 1.54) is 6.92 Å². The summed E-state index contributed by atoms with van der Waals surface area (Å²) in [4.78, 5) is 21.8. The number of carbonyl (C=O) groups excluding carboxylic acids is 1. The largest absolute Gasteiger partial charge is 0.478 e. The van der Waals surface area contributed by atoms with Crippen LogP contribution >= 0.6 is 0 Å². The third kappa shape index (κ3) is 3.34. The van der Waals surface area contributed by atoms with Gasteiger partial charge in [-0.1, -0.05) is 6.08 Å². The molecule has 90 valence electrons. The van der Waals surface area contributed by atoms with Gasteiger partial charge in [-0.15, -0.1) is 0 Å². The fraction of sp³-hybridized carbons (Fsp3) is 0.636. The van der Waals surface area contributed by atoms with E-state index in [0.717, 1.165) is 0 Å². The first-order chi connectivity index (χ1) is 7.54. The van der Waals surface area contributed by atoms with Crippen molar-refractivity contribution in [3.8, 4) is 0 Å². The van der Waals surface area contributed by atoms with Crippen LogP contribution in [0, 0.1) is 5.92 Å². The summed E-state index contributed by atoms with van der Waals surface area (Å²) >= 11 is 0. The van der Waals surface area contributed by atoms with E-state index in [1.807, 2.05) is 0 Å². The molecule has 0 fully saturated rings. The number of aliphatic hydroxyl groups excluding tert-OH is 1. The molecule has 1 amide bonds. The minimum Gasteiger partial charge on any atom is -0.478 e. The summed E-state index contributed by atoms with van der Waals surface area (Å²) in [6.45, 7) is 1.44. The predicted octanol–water partition coefficient (Wildman–Crippen LogP) is 0.294. The first-order valence-electron chi connectivity index (χ1n) is 5.35. The van der Waals surface area contributed by atoms with E-state index in [2.05, 4.69) is 5.32 Å². The number of hydrogen-bond acceptors (Lipinski definition) is 3. The van der Waals surface area contributed by atoms with E-state index in [1.54, 1.807) is 6.08 Å². The number of hydrogen-bond donors (Lipinski definition) is 3. The standard InChI is InChI=1S/C11H17NO4/c1-7(14)12-10-3-2-9(11(15)16)6-8(10)4-5-13/h2,8,10,13H,3-6H2,1H3,(H,12,14)(H,15,16)/t8-,10?/m0/s1.